The van der Waals surface area contributed by atoms with Gasteiger partial charge in [-0.25, -0.2) is 0 Å². The van der Waals surface area contributed by atoms with E-state index in [1.807, 2.05) is 19.1 Å². The molecule has 0 saturated carbocycles. The first-order chi connectivity index (χ1) is 14.1. The van der Waals surface area contributed by atoms with E-state index in [1.54, 1.807) is 0 Å². The van der Waals surface area contributed by atoms with Gasteiger partial charge in [-0.1, -0.05) is 24.2 Å². The lowest BCUT2D eigenvalue weighted by molar-refractivity contribution is 0.423. The number of rotatable bonds is 8. The molecule has 1 aromatic carbocycles. The molecule has 0 aliphatic heterocycles. The van der Waals surface area contributed by atoms with Crippen LogP contribution in [0, 0.1) is 0 Å². The smallest absolute Gasteiger partial charge is 0.257 e. The standard InChI is InChI=1S/C22H30N6O.HI/c1-5-20-25-21(29-26-20)18-11-9-17(10-12-18)13-14-24-22(23-6-2)28(4)16-19-8-7-15-27(19)3;/h7-12,15H,5-6,13-14,16H2,1-4H3,(H,23,24);1H. The molecule has 3 aromatic rings. The van der Waals surface area contributed by atoms with E-state index < -0.39 is 0 Å². The first kappa shape index (κ1) is 23.9. The fraction of sp³-hybridized carbons (Fsp3) is 0.409. The normalized spacial score (nSPS) is 11.3. The van der Waals surface area contributed by atoms with Gasteiger partial charge >= 0.3 is 0 Å². The molecule has 0 bridgehead atoms. The Kier molecular flexibility index (Phi) is 9.35. The summed E-state index contributed by atoms with van der Waals surface area (Å²) < 4.78 is 7.43. The van der Waals surface area contributed by atoms with Crippen molar-refractivity contribution < 1.29 is 4.52 Å². The van der Waals surface area contributed by atoms with Crippen LogP contribution in [0.15, 0.2) is 52.1 Å². The highest BCUT2D eigenvalue weighted by Gasteiger charge is 2.09. The largest absolute Gasteiger partial charge is 0.357 e. The summed E-state index contributed by atoms with van der Waals surface area (Å²) in [6.07, 6.45) is 3.71. The van der Waals surface area contributed by atoms with Crippen LogP contribution < -0.4 is 5.32 Å². The second kappa shape index (κ2) is 11.7. The van der Waals surface area contributed by atoms with Crippen LogP contribution in [-0.4, -0.2) is 45.7 Å². The lowest BCUT2D eigenvalue weighted by atomic mass is 10.1. The molecule has 0 atom stereocenters. The fourth-order valence-corrected chi connectivity index (χ4v) is 3.07. The van der Waals surface area contributed by atoms with Crippen LogP contribution in [0.4, 0.5) is 0 Å². The van der Waals surface area contributed by atoms with Crippen molar-refractivity contribution in [3.63, 3.8) is 0 Å². The average Bonchev–Trinajstić information content (AvgIpc) is 3.37. The van der Waals surface area contributed by atoms with Crippen LogP contribution in [0.5, 0.6) is 0 Å². The number of nitrogens with one attached hydrogen (secondary N) is 1. The van der Waals surface area contributed by atoms with Gasteiger partial charge in [0.25, 0.3) is 5.89 Å². The summed E-state index contributed by atoms with van der Waals surface area (Å²) in [6.45, 7) is 6.48. The maximum atomic E-state index is 5.30. The molecular weight excluding hydrogens is 491 g/mol. The highest BCUT2D eigenvalue weighted by Crippen LogP contribution is 2.18. The van der Waals surface area contributed by atoms with Crippen molar-refractivity contribution >= 4 is 29.9 Å². The zero-order valence-corrected chi connectivity index (χ0v) is 20.5. The summed E-state index contributed by atoms with van der Waals surface area (Å²) in [6, 6.07) is 12.4. The molecule has 0 amide bonds. The molecule has 7 nitrogen and oxygen atoms in total. The van der Waals surface area contributed by atoms with E-state index in [9.17, 15) is 0 Å². The number of hydrogen-bond donors (Lipinski definition) is 1. The van der Waals surface area contributed by atoms with Crippen molar-refractivity contribution in [2.45, 2.75) is 33.2 Å². The summed E-state index contributed by atoms with van der Waals surface area (Å²) in [5.41, 5.74) is 3.43. The van der Waals surface area contributed by atoms with E-state index in [1.165, 1.54) is 11.3 Å². The molecule has 2 aromatic heterocycles. The zero-order valence-electron chi connectivity index (χ0n) is 18.1. The highest BCUT2D eigenvalue weighted by molar-refractivity contribution is 14.0. The third kappa shape index (κ3) is 6.32. The van der Waals surface area contributed by atoms with Crippen LogP contribution in [0.1, 0.15) is 30.9 Å². The van der Waals surface area contributed by atoms with Gasteiger partial charge in [0.15, 0.2) is 11.8 Å². The Labute approximate surface area is 195 Å². The number of guanidine groups is 1. The molecule has 8 heteroatoms. The Morgan fingerprint density at radius 2 is 1.97 bits per heavy atom. The van der Waals surface area contributed by atoms with Gasteiger partial charge < -0.3 is 19.3 Å². The van der Waals surface area contributed by atoms with Gasteiger partial charge in [-0.2, -0.15) is 4.98 Å². The maximum Gasteiger partial charge on any atom is 0.257 e. The second-order valence-corrected chi connectivity index (χ2v) is 7.02. The molecule has 1 N–H and O–H groups in total. The molecule has 2 heterocycles. The predicted molar refractivity (Wildman–Crippen MR) is 131 cm³/mol. The van der Waals surface area contributed by atoms with Gasteiger partial charge in [-0.3, -0.25) is 4.99 Å². The number of halogens is 1. The Bertz CT molecular complexity index is 931. The lowest BCUT2D eigenvalue weighted by Crippen LogP contribution is -2.39. The third-order valence-corrected chi connectivity index (χ3v) is 4.79. The molecule has 0 spiro atoms. The van der Waals surface area contributed by atoms with Gasteiger partial charge in [0.05, 0.1) is 6.54 Å². The SMILES string of the molecule is CCNC(=NCCc1ccc(-c2nc(CC)no2)cc1)N(C)Cc1cccn1C.I. The van der Waals surface area contributed by atoms with E-state index in [-0.39, 0.29) is 24.0 Å². The Balaban J connectivity index is 0.00000320. The molecule has 0 aliphatic rings. The molecule has 0 aliphatic carbocycles. The van der Waals surface area contributed by atoms with Gasteiger partial charge in [-0.05, 0) is 43.2 Å². The molecule has 3 rings (SSSR count). The topological polar surface area (TPSA) is 71.5 Å². The van der Waals surface area contributed by atoms with Gasteiger partial charge in [0.1, 0.15) is 0 Å². The summed E-state index contributed by atoms with van der Waals surface area (Å²) in [7, 11) is 4.13. The minimum atomic E-state index is 0. The molecule has 0 fully saturated rings. The monoisotopic (exact) mass is 522 g/mol. The maximum absolute atomic E-state index is 5.30. The average molecular weight is 522 g/mol. The van der Waals surface area contributed by atoms with Crippen molar-refractivity contribution in [1.82, 2.24) is 24.9 Å². The number of aliphatic imine (C=N–C) groups is 1. The van der Waals surface area contributed by atoms with Crippen LogP contribution in [0.3, 0.4) is 0 Å². The summed E-state index contributed by atoms with van der Waals surface area (Å²) in [5.74, 6) is 2.22. The molecule has 0 saturated heterocycles. The van der Waals surface area contributed by atoms with Gasteiger partial charge in [-0.15, -0.1) is 24.0 Å². The Morgan fingerprint density at radius 1 is 1.20 bits per heavy atom. The van der Waals surface area contributed by atoms with Crippen molar-refractivity contribution in [2.75, 3.05) is 20.1 Å². The first-order valence-electron chi connectivity index (χ1n) is 10.1. The minimum absolute atomic E-state index is 0. The molecule has 0 radical (unpaired) electrons. The number of aryl methyl sites for hydroxylation is 2. The third-order valence-electron chi connectivity index (χ3n) is 4.79. The Morgan fingerprint density at radius 3 is 2.57 bits per heavy atom. The predicted octanol–water partition coefficient (Wildman–Crippen LogP) is 3.90. The number of benzene rings is 1. The molecule has 30 heavy (non-hydrogen) atoms. The quantitative estimate of drug-likeness (QED) is 0.276. The van der Waals surface area contributed by atoms with Crippen molar-refractivity contribution in [3.8, 4) is 11.5 Å². The van der Waals surface area contributed by atoms with Crippen molar-refractivity contribution in [3.05, 3.63) is 59.7 Å². The summed E-state index contributed by atoms with van der Waals surface area (Å²) in [5, 5.41) is 7.33. The molecule has 162 valence electrons. The van der Waals surface area contributed by atoms with Gasteiger partial charge in [0, 0.05) is 51.1 Å². The zero-order chi connectivity index (χ0) is 20.6. The van der Waals surface area contributed by atoms with Crippen LogP contribution in [0.25, 0.3) is 11.5 Å². The van der Waals surface area contributed by atoms with Crippen LogP contribution >= 0.6 is 24.0 Å². The van der Waals surface area contributed by atoms with Crippen LogP contribution in [0.2, 0.25) is 0 Å². The highest BCUT2D eigenvalue weighted by atomic mass is 127. The van der Waals surface area contributed by atoms with Crippen LogP contribution in [-0.2, 0) is 26.4 Å². The first-order valence-corrected chi connectivity index (χ1v) is 10.1. The molecular formula is C22H31IN6O. The van der Waals surface area contributed by atoms with Crippen molar-refractivity contribution in [1.29, 1.82) is 0 Å². The number of nitrogens with zero attached hydrogens (tertiary/aromatic N) is 5. The minimum Gasteiger partial charge on any atom is -0.357 e. The number of aromatic nitrogens is 3. The van der Waals surface area contributed by atoms with E-state index >= 15 is 0 Å². The van der Waals surface area contributed by atoms with Gasteiger partial charge in [0.2, 0.25) is 0 Å². The van der Waals surface area contributed by atoms with E-state index in [0.717, 1.165) is 49.8 Å². The van der Waals surface area contributed by atoms with E-state index in [4.69, 9.17) is 9.52 Å². The number of hydrogen-bond acceptors (Lipinski definition) is 4. The fourth-order valence-electron chi connectivity index (χ4n) is 3.07. The van der Waals surface area contributed by atoms with Crippen molar-refractivity contribution in [2.24, 2.45) is 12.0 Å². The van der Waals surface area contributed by atoms with E-state index in [0.29, 0.717) is 5.89 Å². The van der Waals surface area contributed by atoms with E-state index in [2.05, 4.69) is 76.4 Å². The summed E-state index contributed by atoms with van der Waals surface area (Å²) >= 11 is 0. The Hall–Kier alpha value is -2.36. The molecule has 0 unspecified atom stereocenters. The second-order valence-electron chi connectivity index (χ2n) is 7.02. The summed E-state index contributed by atoms with van der Waals surface area (Å²) in [4.78, 5) is 11.3. The lowest BCUT2D eigenvalue weighted by Gasteiger charge is -2.22.